The van der Waals surface area contributed by atoms with Crippen LogP contribution in [0.25, 0.3) is 0 Å². The molecule has 1 aliphatic heterocycles. The Labute approximate surface area is 86.0 Å². The van der Waals surface area contributed by atoms with Crippen LogP contribution in [0.1, 0.15) is 26.2 Å². The molecule has 0 spiro atoms. The van der Waals surface area contributed by atoms with E-state index in [1.807, 2.05) is 7.05 Å². The maximum atomic E-state index is 11.5. The molecule has 2 amide bonds. The number of carbonyl (C=O) groups is 1. The highest BCUT2D eigenvalue weighted by molar-refractivity contribution is 5.73. The van der Waals surface area contributed by atoms with E-state index in [-0.39, 0.29) is 6.03 Å². The average molecular weight is 199 g/mol. The zero-order chi connectivity index (χ0) is 10.4. The molecule has 1 aliphatic rings. The second-order valence-electron chi connectivity index (χ2n) is 3.91. The van der Waals surface area contributed by atoms with Crippen molar-refractivity contribution in [3.8, 4) is 0 Å². The second-order valence-corrected chi connectivity index (χ2v) is 3.91. The summed E-state index contributed by atoms with van der Waals surface area (Å²) in [7, 11) is 1.85. The van der Waals surface area contributed by atoms with Crippen LogP contribution in [0.15, 0.2) is 0 Å². The number of rotatable bonds is 4. The van der Waals surface area contributed by atoms with Crippen molar-refractivity contribution in [2.45, 2.75) is 32.2 Å². The third-order valence-corrected chi connectivity index (χ3v) is 2.53. The van der Waals surface area contributed by atoms with E-state index < -0.39 is 0 Å². The van der Waals surface area contributed by atoms with Gasteiger partial charge >= 0.3 is 6.03 Å². The molecule has 0 aliphatic carbocycles. The normalized spacial score (nSPS) is 20.9. The third kappa shape index (κ3) is 3.54. The molecule has 4 heteroatoms. The van der Waals surface area contributed by atoms with E-state index in [0.29, 0.717) is 6.04 Å². The topological polar surface area (TPSA) is 44.4 Å². The van der Waals surface area contributed by atoms with Gasteiger partial charge in [-0.1, -0.05) is 6.92 Å². The predicted molar refractivity (Wildman–Crippen MR) is 57.3 cm³/mol. The van der Waals surface area contributed by atoms with E-state index in [9.17, 15) is 4.79 Å². The molecule has 0 aromatic carbocycles. The number of hydrogen-bond donors (Lipinski definition) is 2. The Morgan fingerprint density at radius 3 is 3.00 bits per heavy atom. The van der Waals surface area contributed by atoms with Gasteiger partial charge < -0.3 is 15.5 Å². The minimum Gasteiger partial charge on any atom is -0.338 e. The molecule has 1 heterocycles. The maximum Gasteiger partial charge on any atom is 0.317 e. The number of nitrogens with zero attached hydrogens (tertiary/aromatic N) is 1. The zero-order valence-electron chi connectivity index (χ0n) is 9.18. The number of urea groups is 1. The van der Waals surface area contributed by atoms with Crippen LogP contribution in [0.4, 0.5) is 4.79 Å². The highest BCUT2D eigenvalue weighted by atomic mass is 16.2. The molecule has 0 radical (unpaired) electrons. The summed E-state index contributed by atoms with van der Waals surface area (Å²) in [5.74, 6) is 0. The van der Waals surface area contributed by atoms with Crippen molar-refractivity contribution in [3.05, 3.63) is 0 Å². The molecule has 82 valence electrons. The van der Waals surface area contributed by atoms with E-state index in [1.54, 1.807) is 4.90 Å². The number of likely N-dealkylation sites (N-methyl/N-ethyl adjacent to an activating group) is 1. The van der Waals surface area contributed by atoms with E-state index in [2.05, 4.69) is 17.6 Å². The van der Waals surface area contributed by atoms with Crippen molar-refractivity contribution in [2.75, 3.05) is 26.7 Å². The standard InChI is InChI=1S/C10H21N3O/c1-3-6-12-10(14)13(2)8-9-5-4-7-11-9/h9,11H,3-8H2,1-2H3,(H,12,14). The van der Waals surface area contributed by atoms with Gasteiger partial charge in [-0.2, -0.15) is 0 Å². The summed E-state index contributed by atoms with van der Waals surface area (Å²) in [6.45, 7) is 4.73. The Hall–Kier alpha value is -0.770. The van der Waals surface area contributed by atoms with Crippen LogP contribution in [0, 0.1) is 0 Å². The first-order chi connectivity index (χ1) is 6.74. The van der Waals surface area contributed by atoms with E-state index >= 15 is 0 Å². The first-order valence-electron chi connectivity index (χ1n) is 5.46. The van der Waals surface area contributed by atoms with Gasteiger partial charge in [-0.15, -0.1) is 0 Å². The molecule has 1 unspecified atom stereocenters. The highest BCUT2D eigenvalue weighted by Gasteiger charge is 2.18. The fourth-order valence-corrected chi connectivity index (χ4v) is 1.69. The summed E-state index contributed by atoms with van der Waals surface area (Å²) in [5.41, 5.74) is 0. The maximum absolute atomic E-state index is 11.5. The summed E-state index contributed by atoms with van der Waals surface area (Å²) >= 11 is 0. The molecule has 1 atom stereocenters. The van der Waals surface area contributed by atoms with Crippen LogP contribution in [-0.4, -0.2) is 43.7 Å². The zero-order valence-corrected chi connectivity index (χ0v) is 9.18. The highest BCUT2D eigenvalue weighted by Crippen LogP contribution is 2.05. The SMILES string of the molecule is CCCNC(=O)N(C)CC1CCCN1. The van der Waals surface area contributed by atoms with Crippen molar-refractivity contribution < 1.29 is 4.79 Å². The molecule has 1 fully saturated rings. The molecule has 2 N–H and O–H groups in total. The fourth-order valence-electron chi connectivity index (χ4n) is 1.69. The van der Waals surface area contributed by atoms with Crippen molar-refractivity contribution in [1.82, 2.24) is 15.5 Å². The lowest BCUT2D eigenvalue weighted by Gasteiger charge is -2.21. The van der Waals surface area contributed by atoms with Gasteiger partial charge in [0, 0.05) is 26.2 Å². The smallest absolute Gasteiger partial charge is 0.317 e. The molecule has 1 saturated heterocycles. The summed E-state index contributed by atoms with van der Waals surface area (Å²) in [6, 6.07) is 0.535. The molecule has 0 saturated carbocycles. The molecular weight excluding hydrogens is 178 g/mol. The number of nitrogens with one attached hydrogen (secondary N) is 2. The van der Waals surface area contributed by atoms with Gasteiger partial charge in [0.1, 0.15) is 0 Å². The van der Waals surface area contributed by atoms with E-state index in [0.717, 1.165) is 26.1 Å². The molecular formula is C10H21N3O. The summed E-state index contributed by atoms with van der Waals surface area (Å²) in [6.07, 6.45) is 3.40. The minimum atomic E-state index is 0.0422. The molecule has 1 rings (SSSR count). The van der Waals surface area contributed by atoms with Crippen LogP contribution < -0.4 is 10.6 Å². The Bertz CT molecular complexity index is 178. The Balaban J connectivity index is 2.18. The Kier molecular flexibility index (Phi) is 4.73. The van der Waals surface area contributed by atoms with Gasteiger partial charge in [-0.05, 0) is 25.8 Å². The van der Waals surface area contributed by atoms with Crippen LogP contribution >= 0.6 is 0 Å². The van der Waals surface area contributed by atoms with Crippen LogP contribution in [0.5, 0.6) is 0 Å². The minimum absolute atomic E-state index is 0.0422. The lowest BCUT2D eigenvalue weighted by molar-refractivity contribution is 0.204. The molecule has 4 nitrogen and oxygen atoms in total. The van der Waals surface area contributed by atoms with Crippen molar-refractivity contribution >= 4 is 6.03 Å². The first-order valence-corrected chi connectivity index (χ1v) is 5.46. The van der Waals surface area contributed by atoms with Gasteiger partial charge in [0.15, 0.2) is 0 Å². The van der Waals surface area contributed by atoms with E-state index in [1.165, 1.54) is 12.8 Å². The molecule has 14 heavy (non-hydrogen) atoms. The van der Waals surface area contributed by atoms with Gasteiger partial charge in [-0.3, -0.25) is 0 Å². The second kappa shape index (κ2) is 5.86. The summed E-state index contributed by atoms with van der Waals surface area (Å²) < 4.78 is 0. The van der Waals surface area contributed by atoms with Gasteiger partial charge in [-0.25, -0.2) is 4.79 Å². The Morgan fingerprint density at radius 1 is 1.64 bits per heavy atom. The molecule has 0 bridgehead atoms. The number of carbonyl (C=O) groups excluding carboxylic acids is 1. The predicted octanol–water partition coefficient (Wildman–Crippen LogP) is 0.790. The van der Waals surface area contributed by atoms with Crippen LogP contribution in [0.3, 0.4) is 0 Å². The van der Waals surface area contributed by atoms with Gasteiger partial charge in [0.25, 0.3) is 0 Å². The molecule has 0 aromatic rings. The number of hydrogen-bond acceptors (Lipinski definition) is 2. The van der Waals surface area contributed by atoms with Crippen LogP contribution in [-0.2, 0) is 0 Å². The summed E-state index contributed by atoms with van der Waals surface area (Å²) in [5, 5.41) is 6.24. The lowest BCUT2D eigenvalue weighted by atomic mass is 10.2. The largest absolute Gasteiger partial charge is 0.338 e. The van der Waals surface area contributed by atoms with Crippen molar-refractivity contribution in [2.24, 2.45) is 0 Å². The lowest BCUT2D eigenvalue weighted by Crippen LogP contribution is -2.43. The number of amides is 2. The first kappa shape index (κ1) is 11.3. The van der Waals surface area contributed by atoms with Gasteiger partial charge in [0.2, 0.25) is 0 Å². The quantitative estimate of drug-likeness (QED) is 0.703. The monoisotopic (exact) mass is 199 g/mol. The van der Waals surface area contributed by atoms with E-state index in [4.69, 9.17) is 0 Å². The fraction of sp³-hybridized carbons (Fsp3) is 0.900. The summed E-state index contributed by atoms with van der Waals surface area (Å²) in [4.78, 5) is 13.2. The third-order valence-electron chi connectivity index (χ3n) is 2.53. The van der Waals surface area contributed by atoms with Crippen molar-refractivity contribution in [3.63, 3.8) is 0 Å². The van der Waals surface area contributed by atoms with Crippen LogP contribution in [0.2, 0.25) is 0 Å². The van der Waals surface area contributed by atoms with Gasteiger partial charge in [0.05, 0.1) is 0 Å². The van der Waals surface area contributed by atoms with Crippen molar-refractivity contribution in [1.29, 1.82) is 0 Å². The average Bonchev–Trinajstić information content (AvgIpc) is 2.66. The Morgan fingerprint density at radius 2 is 2.43 bits per heavy atom. The molecule has 0 aromatic heterocycles.